The maximum Gasteiger partial charge on any atom is 0.150 e. The lowest BCUT2D eigenvalue weighted by atomic mass is 9.75. The molecule has 2 unspecified atom stereocenters. The van der Waals surface area contributed by atoms with Gasteiger partial charge >= 0.3 is 0 Å². The van der Waals surface area contributed by atoms with Crippen molar-refractivity contribution < 1.29 is 13.2 Å². The average Bonchev–Trinajstić information content (AvgIpc) is 3.44. The van der Waals surface area contributed by atoms with Crippen molar-refractivity contribution in [3.05, 3.63) is 65.2 Å². The number of hydrogen-bond acceptors (Lipinski definition) is 4. The van der Waals surface area contributed by atoms with Crippen LogP contribution in [0.3, 0.4) is 0 Å². The molecule has 2 fully saturated rings. The van der Waals surface area contributed by atoms with Gasteiger partial charge in [0.15, 0.2) is 9.84 Å². The highest BCUT2D eigenvalue weighted by Gasteiger charge is 2.35. The molecular formula is C28H38ClNO3S. The van der Waals surface area contributed by atoms with Gasteiger partial charge in [0, 0.05) is 12.0 Å². The minimum absolute atomic E-state index is 0. The third-order valence-electron chi connectivity index (χ3n) is 7.65. The number of fused-ring (bicyclic) bond motifs is 1. The third kappa shape index (κ3) is 6.56. The molecule has 0 bridgehead atoms. The molecule has 0 aromatic heterocycles. The minimum Gasteiger partial charge on any atom is -0.494 e. The third-order valence-corrected chi connectivity index (χ3v) is 9.54. The Morgan fingerprint density at radius 3 is 2.47 bits per heavy atom. The normalized spacial score (nSPS) is 22.7. The fourth-order valence-corrected chi connectivity index (χ4v) is 7.54. The molecule has 34 heavy (non-hydrogen) atoms. The van der Waals surface area contributed by atoms with Crippen LogP contribution in [0, 0.1) is 5.92 Å². The first kappa shape index (κ1) is 25.5. The van der Waals surface area contributed by atoms with Crippen molar-refractivity contribution in [3.8, 4) is 5.75 Å². The second kappa shape index (κ2) is 11.5. The summed E-state index contributed by atoms with van der Waals surface area (Å²) >= 11 is 0. The molecule has 2 aromatic carbocycles. The summed E-state index contributed by atoms with van der Waals surface area (Å²) in [6.45, 7) is 2.90. The van der Waals surface area contributed by atoms with Gasteiger partial charge in [-0.2, -0.15) is 0 Å². The van der Waals surface area contributed by atoms with Crippen molar-refractivity contribution >= 4 is 22.2 Å². The predicted octanol–water partition coefficient (Wildman–Crippen LogP) is 5.44. The van der Waals surface area contributed by atoms with Crippen molar-refractivity contribution in [2.45, 2.75) is 63.3 Å². The molecule has 4 nitrogen and oxygen atoms in total. The van der Waals surface area contributed by atoms with Gasteiger partial charge in [0.05, 0.1) is 18.1 Å². The van der Waals surface area contributed by atoms with Crippen molar-refractivity contribution in [1.82, 2.24) is 4.90 Å². The molecule has 1 heterocycles. The van der Waals surface area contributed by atoms with Crippen LogP contribution in [-0.2, 0) is 22.7 Å². The Kier molecular flexibility index (Phi) is 8.60. The monoisotopic (exact) mass is 503 g/mol. The van der Waals surface area contributed by atoms with E-state index in [0.29, 0.717) is 36.7 Å². The second-order valence-electron chi connectivity index (χ2n) is 10.3. The number of nitrogens with zero attached hydrogens (tertiary/aromatic N) is 1. The Balaban J connectivity index is 0.00000274. The summed E-state index contributed by atoms with van der Waals surface area (Å²) in [5, 5.41) is 0. The van der Waals surface area contributed by atoms with E-state index in [1.807, 2.05) is 0 Å². The van der Waals surface area contributed by atoms with Gasteiger partial charge in [-0.1, -0.05) is 36.4 Å². The first-order valence-electron chi connectivity index (χ1n) is 12.8. The van der Waals surface area contributed by atoms with Crippen LogP contribution in [0.2, 0.25) is 0 Å². The van der Waals surface area contributed by atoms with Crippen LogP contribution >= 0.6 is 12.4 Å². The Morgan fingerprint density at radius 1 is 0.971 bits per heavy atom. The van der Waals surface area contributed by atoms with Crippen LogP contribution in [0.25, 0.3) is 0 Å². The summed E-state index contributed by atoms with van der Waals surface area (Å²) in [6, 6.07) is 18.0. The molecule has 1 saturated carbocycles. The fourth-order valence-electron chi connectivity index (χ4n) is 5.77. The van der Waals surface area contributed by atoms with Crippen LogP contribution in [0.15, 0.2) is 48.5 Å². The van der Waals surface area contributed by atoms with E-state index in [1.54, 1.807) is 0 Å². The summed E-state index contributed by atoms with van der Waals surface area (Å²) in [5.41, 5.74) is 4.28. The molecule has 186 valence electrons. The van der Waals surface area contributed by atoms with Gasteiger partial charge in [-0.05, 0) is 99.2 Å². The summed E-state index contributed by atoms with van der Waals surface area (Å²) in [6.07, 6.45) is 8.75. The van der Waals surface area contributed by atoms with E-state index in [0.717, 1.165) is 31.4 Å². The number of halogens is 1. The maximum atomic E-state index is 12.2. The highest BCUT2D eigenvalue weighted by molar-refractivity contribution is 7.91. The summed E-state index contributed by atoms with van der Waals surface area (Å²) < 4.78 is 30.5. The molecule has 5 rings (SSSR count). The predicted molar refractivity (Wildman–Crippen MR) is 141 cm³/mol. The minimum atomic E-state index is -2.93. The highest BCUT2D eigenvalue weighted by atomic mass is 35.5. The number of ether oxygens (including phenoxy) is 1. The summed E-state index contributed by atoms with van der Waals surface area (Å²) in [5.74, 6) is 2.37. The van der Waals surface area contributed by atoms with Gasteiger partial charge in [-0.15, -0.1) is 12.4 Å². The standard InChI is InChI=1S/C28H37NO3S.ClH/c30-33(31,21-23-9-10-23)18-6-17-32-25-13-11-24-12-14-28(29-15-4-5-16-29)27(26(24)20-25)19-22-7-2-1-3-8-22;/h1-3,7-8,11,13,20,23,27-28H,4-6,9-10,12,14-19,21H2;1H. The van der Waals surface area contributed by atoms with Crippen molar-refractivity contribution in [1.29, 1.82) is 0 Å². The van der Waals surface area contributed by atoms with E-state index in [-0.39, 0.29) is 18.2 Å². The Labute approximate surface area is 211 Å². The zero-order valence-electron chi connectivity index (χ0n) is 20.0. The van der Waals surface area contributed by atoms with Crippen LogP contribution in [0.5, 0.6) is 5.75 Å². The van der Waals surface area contributed by atoms with Crippen molar-refractivity contribution in [3.63, 3.8) is 0 Å². The number of sulfone groups is 1. The van der Waals surface area contributed by atoms with E-state index < -0.39 is 9.84 Å². The smallest absolute Gasteiger partial charge is 0.150 e. The topological polar surface area (TPSA) is 46.6 Å². The van der Waals surface area contributed by atoms with Crippen molar-refractivity contribution in [2.75, 3.05) is 31.2 Å². The molecule has 1 aliphatic heterocycles. The Bertz CT molecular complexity index is 1030. The van der Waals surface area contributed by atoms with E-state index in [4.69, 9.17) is 4.74 Å². The van der Waals surface area contributed by atoms with Gasteiger partial charge in [0.2, 0.25) is 0 Å². The van der Waals surface area contributed by atoms with E-state index in [2.05, 4.69) is 53.4 Å². The zero-order valence-corrected chi connectivity index (χ0v) is 21.7. The SMILES string of the molecule is Cl.O=S(=O)(CCCOc1ccc2c(c1)C(Cc1ccccc1)C(N1CCCC1)CC2)CC1CC1. The van der Waals surface area contributed by atoms with Crippen LogP contribution in [0.4, 0.5) is 0 Å². The van der Waals surface area contributed by atoms with Crippen LogP contribution < -0.4 is 4.74 Å². The van der Waals surface area contributed by atoms with Crippen molar-refractivity contribution in [2.24, 2.45) is 5.92 Å². The fraction of sp³-hybridized carbons (Fsp3) is 0.571. The molecule has 0 amide bonds. The van der Waals surface area contributed by atoms with Gasteiger partial charge in [-0.25, -0.2) is 8.42 Å². The molecule has 3 aliphatic rings. The van der Waals surface area contributed by atoms with Gasteiger partial charge in [-0.3, -0.25) is 4.90 Å². The van der Waals surface area contributed by atoms with Gasteiger partial charge in [0.25, 0.3) is 0 Å². The highest BCUT2D eigenvalue weighted by Crippen LogP contribution is 2.40. The molecular weight excluding hydrogens is 466 g/mol. The number of rotatable bonds is 10. The lowest BCUT2D eigenvalue weighted by molar-refractivity contribution is 0.188. The zero-order chi connectivity index (χ0) is 22.7. The first-order chi connectivity index (χ1) is 16.1. The molecule has 0 spiro atoms. The number of benzene rings is 2. The molecule has 2 aromatic rings. The molecule has 6 heteroatoms. The number of aryl methyl sites for hydroxylation is 1. The van der Waals surface area contributed by atoms with E-state index >= 15 is 0 Å². The maximum absolute atomic E-state index is 12.2. The summed E-state index contributed by atoms with van der Waals surface area (Å²) in [4.78, 5) is 2.72. The number of hydrogen-bond donors (Lipinski definition) is 0. The Hall–Kier alpha value is -1.56. The summed E-state index contributed by atoms with van der Waals surface area (Å²) in [7, 11) is -2.93. The lowest BCUT2D eigenvalue weighted by Crippen LogP contribution is -2.41. The lowest BCUT2D eigenvalue weighted by Gasteiger charge is -2.39. The van der Waals surface area contributed by atoms with E-state index in [9.17, 15) is 8.42 Å². The van der Waals surface area contributed by atoms with Gasteiger partial charge in [0.1, 0.15) is 5.75 Å². The molecule has 0 N–H and O–H groups in total. The van der Waals surface area contributed by atoms with E-state index in [1.165, 1.54) is 49.0 Å². The average molecular weight is 504 g/mol. The molecule has 2 atom stereocenters. The number of likely N-dealkylation sites (tertiary alicyclic amines) is 1. The van der Waals surface area contributed by atoms with Crippen LogP contribution in [-0.4, -0.2) is 50.6 Å². The quantitative estimate of drug-likeness (QED) is 0.405. The van der Waals surface area contributed by atoms with Gasteiger partial charge < -0.3 is 4.74 Å². The Morgan fingerprint density at radius 2 is 1.74 bits per heavy atom. The first-order valence-corrected chi connectivity index (χ1v) is 14.6. The van der Waals surface area contributed by atoms with Crippen LogP contribution in [0.1, 0.15) is 61.1 Å². The molecule has 2 aliphatic carbocycles. The largest absolute Gasteiger partial charge is 0.494 e. The second-order valence-corrected chi connectivity index (χ2v) is 12.5. The molecule has 0 radical (unpaired) electrons. The molecule has 1 saturated heterocycles.